The first-order valence-electron chi connectivity index (χ1n) is 7.37. The van der Waals surface area contributed by atoms with Gasteiger partial charge in [0.1, 0.15) is 0 Å². The van der Waals surface area contributed by atoms with Crippen LogP contribution >= 0.6 is 0 Å². The Bertz CT molecular complexity index is 843. The molecule has 0 unspecified atom stereocenters. The van der Waals surface area contributed by atoms with Gasteiger partial charge in [-0.3, -0.25) is 4.79 Å². The Balaban J connectivity index is 1.72. The number of aromatic nitrogens is 2. The molecule has 0 bridgehead atoms. The Hall–Kier alpha value is -3.15. The summed E-state index contributed by atoms with van der Waals surface area (Å²) in [5.41, 5.74) is 1.41. The SMILES string of the molecule is COc1cc(C(C)=O)ccc1OCc1nnc(-c2ccccc2)o1. The highest BCUT2D eigenvalue weighted by Gasteiger charge is 2.12. The molecule has 2 aromatic carbocycles. The van der Waals surface area contributed by atoms with Crippen LogP contribution in [0.4, 0.5) is 0 Å². The molecular formula is C18H16N2O4. The van der Waals surface area contributed by atoms with E-state index in [1.807, 2.05) is 30.3 Å². The molecule has 0 saturated heterocycles. The molecule has 1 aromatic heterocycles. The van der Waals surface area contributed by atoms with Crippen molar-refractivity contribution in [2.45, 2.75) is 13.5 Å². The molecule has 0 amide bonds. The monoisotopic (exact) mass is 324 g/mol. The zero-order valence-corrected chi connectivity index (χ0v) is 13.4. The van der Waals surface area contributed by atoms with Crippen molar-refractivity contribution in [3.8, 4) is 23.0 Å². The second-order valence-electron chi connectivity index (χ2n) is 5.08. The average Bonchev–Trinajstić information content (AvgIpc) is 3.09. The third-order valence-electron chi connectivity index (χ3n) is 3.41. The number of nitrogens with zero attached hydrogens (tertiary/aromatic N) is 2. The second kappa shape index (κ2) is 6.95. The van der Waals surface area contributed by atoms with Crippen LogP contribution in [0, 0.1) is 0 Å². The smallest absolute Gasteiger partial charge is 0.254 e. The number of Topliss-reactive ketones (excluding diaryl/α,β-unsaturated/α-hetero) is 1. The molecule has 6 heteroatoms. The van der Waals surface area contributed by atoms with E-state index in [0.717, 1.165) is 5.56 Å². The third-order valence-corrected chi connectivity index (χ3v) is 3.41. The van der Waals surface area contributed by atoms with E-state index in [9.17, 15) is 4.79 Å². The van der Waals surface area contributed by atoms with Gasteiger partial charge in [-0.2, -0.15) is 0 Å². The normalized spacial score (nSPS) is 10.4. The summed E-state index contributed by atoms with van der Waals surface area (Å²) >= 11 is 0. The van der Waals surface area contributed by atoms with Gasteiger partial charge in [0.15, 0.2) is 23.9 Å². The largest absolute Gasteiger partial charge is 0.493 e. The summed E-state index contributed by atoms with van der Waals surface area (Å²) in [6.45, 7) is 1.61. The molecule has 3 aromatic rings. The molecule has 0 saturated carbocycles. The number of hydrogen-bond donors (Lipinski definition) is 0. The van der Waals surface area contributed by atoms with Crippen molar-refractivity contribution in [2.24, 2.45) is 0 Å². The van der Waals surface area contributed by atoms with E-state index in [1.54, 1.807) is 18.2 Å². The minimum atomic E-state index is -0.0377. The molecule has 0 aliphatic carbocycles. The first-order valence-corrected chi connectivity index (χ1v) is 7.37. The fraction of sp³-hybridized carbons (Fsp3) is 0.167. The highest BCUT2D eigenvalue weighted by molar-refractivity contribution is 5.94. The molecule has 0 N–H and O–H groups in total. The molecule has 0 aliphatic heterocycles. The number of rotatable bonds is 6. The molecule has 0 atom stereocenters. The van der Waals surface area contributed by atoms with Gasteiger partial charge in [-0.1, -0.05) is 18.2 Å². The number of carbonyl (C=O) groups excluding carboxylic acids is 1. The molecule has 24 heavy (non-hydrogen) atoms. The van der Waals surface area contributed by atoms with E-state index >= 15 is 0 Å². The lowest BCUT2D eigenvalue weighted by Crippen LogP contribution is -2.00. The fourth-order valence-electron chi connectivity index (χ4n) is 2.15. The molecule has 0 spiro atoms. The van der Waals surface area contributed by atoms with E-state index in [4.69, 9.17) is 13.9 Å². The van der Waals surface area contributed by atoms with Crippen LogP contribution in [-0.2, 0) is 6.61 Å². The van der Waals surface area contributed by atoms with Gasteiger partial charge in [-0.25, -0.2) is 0 Å². The number of carbonyl (C=O) groups is 1. The molecule has 0 radical (unpaired) electrons. The predicted molar refractivity (Wildman–Crippen MR) is 87.1 cm³/mol. The van der Waals surface area contributed by atoms with Crippen LogP contribution in [0.2, 0.25) is 0 Å². The predicted octanol–water partition coefficient (Wildman–Crippen LogP) is 3.53. The zero-order chi connectivity index (χ0) is 16.9. The van der Waals surface area contributed by atoms with Crippen LogP contribution in [0.25, 0.3) is 11.5 Å². The molecule has 1 heterocycles. The maximum atomic E-state index is 11.4. The summed E-state index contributed by atoms with van der Waals surface area (Å²) in [6, 6.07) is 14.5. The molecule has 3 rings (SSSR count). The average molecular weight is 324 g/mol. The van der Waals surface area contributed by atoms with Crippen molar-refractivity contribution in [1.29, 1.82) is 0 Å². The van der Waals surface area contributed by atoms with Crippen LogP contribution in [0.5, 0.6) is 11.5 Å². The first kappa shape index (κ1) is 15.7. The summed E-state index contributed by atoms with van der Waals surface area (Å²) in [4.78, 5) is 11.4. The van der Waals surface area contributed by atoms with E-state index < -0.39 is 0 Å². The molecule has 0 fully saturated rings. The fourth-order valence-corrected chi connectivity index (χ4v) is 2.15. The molecular weight excluding hydrogens is 308 g/mol. The maximum absolute atomic E-state index is 11.4. The number of benzene rings is 2. The lowest BCUT2D eigenvalue weighted by Gasteiger charge is -2.10. The summed E-state index contributed by atoms with van der Waals surface area (Å²) < 4.78 is 16.5. The topological polar surface area (TPSA) is 74.5 Å². The Labute approximate surface area is 139 Å². The zero-order valence-electron chi connectivity index (χ0n) is 13.4. The number of methoxy groups -OCH3 is 1. The number of ether oxygens (including phenoxy) is 2. The third kappa shape index (κ3) is 3.43. The van der Waals surface area contributed by atoms with Crippen LogP contribution < -0.4 is 9.47 Å². The van der Waals surface area contributed by atoms with E-state index in [1.165, 1.54) is 14.0 Å². The van der Waals surface area contributed by atoms with Crippen LogP contribution in [0.15, 0.2) is 52.9 Å². The standard InChI is InChI=1S/C18H16N2O4/c1-12(21)14-8-9-15(16(10-14)22-2)23-11-17-19-20-18(24-17)13-6-4-3-5-7-13/h3-10H,11H2,1-2H3. The number of hydrogen-bond acceptors (Lipinski definition) is 6. The van der Waals surface area contributed by atoms with Gasteiger partial charge in [-0.05, 0) is 37.3 Å². The van der Waals surface area contributed by atoms with Crippen molar-refractivity contribution in [1.82, 2.24) is 10.2 Å². The summed E-state index contributed by atoms with van der Waals surface area (Å²) in [6.07, 6.45) is 0. The van der Waals surface area contributed by atoms with E-state index in [0.29, 0.717) is 28.8 Å². The maximum Gasteiger partial charge on any atom is 0.254 e. The van der Waals surface area contributed by atoms with Crippen molar-refractivity contribution in [3.05, 3.63) is 60.0 Å². The summed E-state index contributed by atoms with van der Waals surface area (Å²) in [7, 11) is 1.52. The Kier molecular flexibility index (Phi) is 4.56. The van der Waals surface area contributed by atoms with Crippen molar-refractivity contribution >= 4 is 5.78 Å². The quantitative estimate of drug-likeness (QED) is 0.646. The van der Waals surface area contributed by atoms with Crippen LogP contribution in [0.3, 0.4) is 0 Å². The van der Waals surface area contributed by atoms with Gasteiger partial charge in [0.25, 0.3) is 5.89 Å². The van der Waals surface area contributed by atoms with Crippen LogP contribution in [-0.4, -0.2) is 23.1 Å². The minimum absolute atomic E-state index is 0.0377. The molecule has 0 aliphatic rings. The Morgan fingerprint density at radius 2 is 1.88 bits per heavy atom. The van der Waals surface area contributed by atoms with Crippen molar-refractivity contribution in [3.63, 3.8) is 0 Å². The minimum Gasteiger partial charge on any atom is -0.493 e. The van der Waals surface area contributed by atoms with Gasteiger partial charge in [0.2, 0.25) is 5.89 Å². The van der Waals surface area contributed by atoms with Gasteiger partial charge in [-0.15, -0.1) is 10.2 Å². The second-order valence-corrected chi connectivity index (χ2v) is 5.08. The molecule has 6 nitrogen and oxygen atoms in total. The van der Waals surface area contributed by atoms with Gasteiger partial charge >= 0.3 is 0 Å². The van der Waals surface area contributed by atoms with Gasteiger partial charge in [0.05, 0.1) is 7.11 Å². The van der Waals surface area contributed by atoms with Crippen molar-refractivity contribution in [2.75, 3.05) is 7.11 Å². The Morgan fingerprint density at radius 1 is 1.08 bits per heavy atom. The lowest BCUT2D eigenvalue weighted by atomic mass is 10.1. The summed E-state index contributed by atoms with van der Waals surface area (Å²) in [5.74, 6) is 1.73. The van der Waals surface area contributed by atoms with Crippen LogP contribution in [0.1, 0.15) is 23.2 Å². The van der Waals surface area contributed by atoms with Crippen molar-refractivity contribution < 1.29 is 18.7 Å². The highest BCUT2D eigenvalue weighted by atomic mass is 16.5. The molecule has 122 valence electrons. The lowest BCUT2D eigenvalue weighted by molar-refractivity contribution is 0.101. The number of ketones is 1. The van der Waals surface area contributed by atoms with E-state index in [2.05, 4.69) is 10.2 Å². The van der Waals surface area contributed by atoms with Gasteiger partial charge in [0, 0.05) is 11.1 Å². The summed E-state index contributed by atoms with van der Waals surface area (Å²) in [5, 5.41) is 7.98. The van der Waals surface area contributed by atoms with E-state index in [-0.39, 0.29) is 12.4 Å². The first-order chi connectivity index (χ1) is 11.7. The highest BCUT2D eigenvalue weighted by Crippen LogP contribution is 2.29. The Morgan fingerprint density at radius 3 is 2.58 bits per heavy atom. The van der Waals surface area contributed by atoms with Gasteiger partial charge < -0.3 is 13.9 Å².